The molecule has 0 aliphatic heterocycles. The Morgan fingerprint density at radius 3 is 1.59 bits per heavy atom. The van der Waals surface area contributed by atoms with Crippen molar-refractivity contribution in [3.05, 3.63) is 116 Å². The molecular weight excluding hydrogens is 324 g/mol. The van der Waals surface area contributed by atoms with E-state index in [1.54, 1.807) is 0 Å². The summed E-state index contributed by atoms with van der Waals surface area (Å²) < 4.78 is 0. The molecule has 0 unspecified atom stereocenters. The van der Waals surface area contributed by atoms with Crippen molar-refractivity contribution in [1.29, 1.82) is 0 Å². The Morgan fingerprint density at radius 2 is 1.23 bits per heavy atom. The summed E-state index contributed by atoms with van der Waals surface area (Å²) in [5.74, 6) is 1.35. The second kappa shape index (κ2) is 11.4. The van der Waals surface area contributed by atoms with E-state index >= 15 is 0 Å². The fourth-order valence-electron chi connectivity index (χ4n) is 2.38. The van der Waals surface area contributed by atoms with E-state index in [9.17, 15) is 0 Å². The summed E-state index contributed by atoms with van der Waals surface area (Å²) in [7, 11) is 4.64. The fourth-order valence-corrected chi connectivity index (χ4v) is 2.38. The van der Waals surface area contributed by atoms with Gasteiger partial charge in [0.1, 0.15) is 0 Å². The van der Waals surface area contributed by atoms with Gasteiger partial charge in [0, 0.05) is 0 Å². The Kier molecular flexibility index (Phi) is 10.8. The third kappa shape index (κ3) is 5.21. The molecule has 3 rings (SSSR count). The predicted molar refractivity (Wildman–Crippen MR) is 94.9 cm³/mol. The number of benzene rings is 2. The number of allylic oxidation sites excluding steroid dienone is 4. The summed E-state index contributed by atoms with van der Waals surface area (Å²) >= 11 is 1.47. The molecule has 0 spiro atoms. The Morgan fingerprint density at radius 1 is 0.773 bits per heavy atom. The molecule has 22 heavy (non-hydrogen) atoms. The van der Waals surface area contributed by atoms with Crippen molar-refractivity contribution in [2.45, 2.75) is 6.42 Å². The van der Waals surface area contributed by atoms with E-state index in [0.29, 0.717) is 0 Å². The van der Waals surface area contributed by atoms with Crippen LogP contribution in [0.4, 0.5) is 0 Å². The van der Waals surface area contributed by atoms with Gasteiger partial charge in [0.2, 0.25) is 0 Å². The molecule has 0 bridgehead atoms. The minimum atomic E-state index is 0. The van der Waals surface area contributed by atoms with E-state index in [1.165, 1.54) is 42.0 Å². The first kappa shape index (κ1) is 20.8. The molecule has 0 atom stereocenters. The molecule has 0 heterocycles. The van der Waals surface area contributed by atoms with Gasteiger partial charge >= 0.3 is 28.7 Å². The molecule has 0 N–H and O–H groups in total. The fraction of sp³-hybridized carbons (Fsp3) is 0.0500. The molecule has 2 heteroatoms. The molecule has 0 amide bonds. The third-order valence-corrected chi connectivity index (χ3v) is 3.22. The van der Waals surface area contributed by atoms with Gasteiger partial charge in [-0.2, -0.15) is 0 Å². The first-order chi connectivity index (χ1) is 9.95. The van der Waals surface area contributed by atoms with Crippen LogP contribution in [-0.4, -0.2) is 0 Å². The van der Waals surface area contributed by atoms with Crippen molar-refractivity contribution in [3.63, 3.8) is 0 Å². The maximum absolute atomic E-state index is 4.64. The molecule has 112 valence electrons. The average molecular weight is 345 g/mol. The molecule has 0 saturated heterocycles. The predicted octanol–water partition coefficient (Wildman–Crippen LogP) is 6.13. The summed E-state index contributed by atoms with van der Waals surface area (Å²) in [5.41, 5.74) is 3.98. The van der Waals surface area contributed by atoms with Gasteiger partial charge in [-0.05, 0) is 6.42 Å². The number of halogens is 1. The first-order valence-electron chi connectivity index (χ1n) is 6.48. The van der Waals surface area contributed by atoms with E-state index in [4.69, 9.17) is 0 Å². The molecule has 0 radical (unpaired) electrons. The van der Waals surface area contributed by atoms with Crippen molar-refractivity contribution in [2.75, 3.05) is 0 Å². The zero-order valence-corrected chi connectivity index (χ0v) is 15.4. The van der Waals surface area contributed by atoms with Crippen LogP contribution in [0.3, 0.4) is 0 Å². The molecule has 1 aliphatic rings. The van der Waals surface area contributed by atoms with Crippen LogP contribution >= 0.6 is 9.30 Å². The maximum atomic E-state index is 4.64. The molecule has 1 aliphatic carbocycles. The van der Waals surface area contributed by atoms with Crippen LogP contribution in [0.2, 0.25) is 0 Å². The van der Waals surface area contributed by atoms with Crippen LogP contribution in [0, 0.1) is 20.8 Å². The van der Waals surface area contributed by atoms with Crippen LogP contribution in [0.15, 0.2) is 84.5 Å². The van der Waals surface area contributed by atoms with Gasteiger partial charge in [0.05, 0.1) is 0 Å². The van der Waals surface area contributed by atoms with Crippen molar-refractivity contribution in [3.8, 4) is 0 Å². The summed E-state index contributed by atoms with van der Waals surface area (Å²) in [6.07, 6.45) is 7.59. The van der Waals surface area contributed by atoms with Crippen LogP contribution in [0.5, 0.6) is 0 Å². The Labute approximate surface area is 151 Å². The Bertz CT molecular complexity index is 534. The molecule has 2 aromatic rings. The SMILES string of the molecule is C1=CCC([C-](c2ccccc2)c2ccccc2)=C1.[CH3-].[CH3-].[Cl][Ti+3]. The average Bonchev–Trinajstić information content (AvgIpc) is 3.06. The van der Waals surface area contributed by atoms with E-state index in [-0.39, 0.29) is 14.9 Å². The molecule has 0 nitrogen and oxygen atoms in total. The molecule has 0 aromatic heterocycles. The number of rotatable bonds is 3. The monoisotopic (exact) mass is 344 g/mol. The zero-order chi connectivity index (χ0) is 14.2. The quantitative estimate of drug-likeness (QED) is 0.464. The van der Waals surface area contributed by atoms with E-state index in [0.717, 1.165) is 6.42 Å². The summed E-state index contributed by atoms with van der Waals surface area (Å²) in [4.78, 5) is 0. The van der Waals surface area contributed by atoms with E-state index < -0.39 is 0 Å². The molecular formula is C20H21ClTi. The van der Waals surface area contributed by atoms with Crippen LogP contribution < -0.4 is 0 Å². The Hall–Kier alpha value is -1.21. The van der Waals surface area contributed by atoms with Crippen molar-refractivity contribution >= 4 is 9.30 Å². The first-order valence-corrected chi connectivity index (χ1v) is 8.63. The van der Waals surface area contributed by atoms with Crippen molar-refractivity contribution < 1.29 is 19.4 Å². The third-order valence-electron chi connectivity index (χ3n) is 3.22. The van der Waals surface area contributed by atoms with E-state index in [1.807, 2.05) is 0 Å². The van der Waals surface area contributed by atoms with Gasteiger partial charge in [-0.1, -0.05) is 60.0 Å². The summed E-state index contributed by atoms with van der Waals surface area (Å²) in [6, 6.07) is 21.2. The van der Waals surface area contributed by atoms with Gasteiger partial charge in [0.15, 0.2) is 0 Å². The minimum absolute atomic E-state index is 0. The topological polar surface area (TPSA) is 0 Å². The van der Waals surface area contributed by atoms with Crippen LogP contribution in [-0.2, 0) is 19.4 Å². The van der Waals surface area contributed by atoms with Gasteiger partial charge in [-0.3, -0.25) is 0 Å². The van der Waals surface area contributed by atoms with Crippen LogP contribution in [0.25, 0.3) is 0 Å². The second-order valence-electron chi connectivity index (χ2n) is 4.43. The standard InChI is InChI=1S/C18H15.2CH3.ClH.Ti/c1-3-9-15(10-4-1)18(17-13-7-8-14-17)16-11-5-2-6-12-16;;;;/h1-13H,14H2;2*1H3;1H;/q3*-1;;+4/p-1. The van der Waals surface area contributed by atoms with Gasteiger partial charge < -0.3 is 14.9 Å². The molecule has 0 fully saturated rings. The normalized spacial score (nSPS) is 11.3. The number of hydrogen-bond acceptors (Lipinski definition) is 0. The van der Waals surface area contributed by atoms with Gasteiger partial charge in [0.25, 0.3) is 0 Å². The number of hydrogen-bond donors (Lipinski definition) is 0. The molecule has 2 aromatic carbocycles. The van der Waals surface area contributed by atoms with Gasteiger partial charge in [-0.15, -0.1) is 41.5 Å². The van der Waals surface area contributed by atoms with E-state index in [2.05, 4.69) is 88.2 Å². The van der Waals surface area contributed by atoms with Gasteiger partial charge in [-0.25, -0.2) is 0 Å². The molecule has 0 saturated carbocycles. The van der Waals surface area contributed by atoms with Crippen LogP contribution in [0.1, 0.15) is 17.5 Å². The Balaban J connectivity index is 0.00000106. The van der Waals surface area contributed by atoms with Crippen molar-refractivity contribution in [1.82, 2.24) is 0 Å². The van der Waals surface area contributed by atoms with Crippen molar-refractivity contribution in [2.24, 2.45) is 0 Å². The summed E-state index contributed by atoms with van der Waals surface area (Å²) in [5, 5.41) is 0. The second-order valence-corrected chi connectivity index (χ2v) is 4.43. The zero-order valence-electron chi connectivity index (χ0n) is 13.1. The summed E-state index contributed by atoms with van der Waals surface area (Å²) in [6.45, 7) is 0.